The zero-order valence-electron chi connectivity index (χ0n) is 12.4. The first-order valence-electron chi connectivity index (χ1n) is 7.48. The highest BCUT2D eigenvalue weighted by Crippen LogP contribution is 2.28. The molecule has 0 unspecified atom stereocenters. The highest BCUT2D eigenvalue weighted by atomic mass is 16.4. The third kappa shape index (κ3) is 4.62. The van der Waals surface area contributed by atoms with Gasteiger partial charge in [-0.25, -0.2) is 0 Å². The van der Waals surface area contributed by atoms with E-state index in [-0.39, 0.29) is 11.8 Å². The van der Waals surface area contributed by atoms with E-state index < -0.39 is 5.97 Å². The van der Waals surface area contributed by atoms with Crippen LogP contribution < -0.4 is 0 Å². The maximum absolute atomic E-state index is 10.8. The summed E-state index contributed by atoms with van der Waals surface area (Å²) in [5.41, 5.74) is -0.361. The van der Waals surface area contributed by atoms with Gasteiger partial charge in [-0.1, -0.05) is 33.1 Å². The lowest BCUT2D eigenvalue weighted by Gasteiger charge is -2.20. The Morgan fingerprint density at radius 3 is 2.55 bits per heavy atom. The average Bonchev–Trinajstić information content (AvgIpc) is 2.75. The van der Waals surface area contributed by atoms with E-state index in [1.807, 2.05) is 13.8 Å². The molecule has 1 fully saturated rings. The van der Waals surface area contributed by atoms with E-state index in [1.54, 1.807) is 0 Å². The lowest BCUT2D eigenvalue weighted by atomic mass is 9.86. The van der Waals surface area contributed by atoms with Crippen LogP contribution in [0, 0.1) is 11.3 Å². The minimum Gasteiger partial charge on any atom is -0.481 e. The van der Waals surface area contributed by atoms with E-state index in [0.29, 0.717) is 24.1 Å². The van der Waals surface area contributed by atoms with Crippen LogP contribution in [0.5, 0.6) is 0 Å². The number of nitrogens with zero attached hydrogens (tertiary/aromatic N) is 2. The van der Waals surface area contributed by atoms with Gasteiger partial charge in [0.25, 0.3) is 0 Å². The topological polar surface area (TPSA) is 76.2 Å². The van der Waals surface area contributed by atoms with Crippen molar-refractivity contribution in [1.29, 1.82) is 0 Å². The summed E-state index contributed by atoms with van der Waals surface area (Å²) in [6.45, 7) is 3.82. The zero-order valence-corrected chi connectivity index (χ0v) is 12.4. The molecule has 20 heavy (non-hydrogen) atoms. The Morgan fingerprint density at radius 2 is 1.90 bits per heavy atom. The number of carbonyl (C=O) groups is 1. The molecule has 0 bridgehead atoms. The zero-order chi connectivity index (χ0) is 14.6. The summed E-state index contributed by atoms with van der Waals surface area (Å²) in [6.07, 6.45) is 7.94. The van der Waals surface area contributed by atoms with E-state index in [9.17, 15) is 4.79 Å². The van der Waals surface area contributed by atoms with Gasteiger partial charge < -0.3 is 9.52 Å². The maximum atomic E-state index is 10.8. The Hall–Kier alpha value is -1.39. The number of aromatic nitrogens is 2. The Labute approximate surface area is 119 Å². The molecule has 0 radical (unpaired) electrons. The summed E-state index contributed by atoms with van der Waals surface area (Å²) in [6, 6.07) is 0. The molecule has 1 N–H and O–H groups in total. The fraction of sp³-hybridized carbons (Fsp3) is 0.800. The summed E-state index contributed by atoms with van der Waals surface area (Å²) in [7, 11) is 0. The van der Waals surface area contributed by atoms with Gasteiger partial charge in [0.1, 0.15) is 0 Å². The van der Waals surface area contributed by atoms with Crippen LogP contribution in [0.2, 0.25) is 0 Å². The molecular formula is C15H24N2O3. The monoisotopic (exact) mass is 280 g/mol. The molecule has 1 saturated carbocycles. The van der Waals surface area contributed by atoms with Gasteiger partial charge in [0, 0.05) is 12.8 Å². The highest BCUT2D eigenvalue weighted by molar-refractivity contribution is 5.67. The summed E-state index contributed by atoms with van der Waals surface area (Å²) in [4.78, 5) is 10.8. The molecule has 1 aliphatic carbocycles. The van der Waals surface area contributed by atoms with Gasteiger partial charge >= 0.3 is 5.97 Å². The fourth-order valence-electron chi connectivity index (χ4n) is 2.96. The number of hydrogen-bond donors (Lipinski definition) is 1. The molecule has 0 aliphatic heterocycles. The van der Waals surface area contributed by atoms with Crippen molar-refractivity contribution in [3.05, 3.63) is 11.8 Å². The Morgan fingerprint density at radius 1 is 1.25 bits per heavy atom. The molecule has 0 aromatic carbocycles. The Bertz CT molecular complexity index is 448. The summed E-state index contributed by atoms with van der Waals surface area (Å²) in [5.74, 6) is 1.14. The van der Waals surface area contributed by atoms with Crippen LogP contribution in [0.25, 0.3) is 0 Å². The number of hydrogen-bond acceptors (Lipinski definition) is 4. The molecule has 0 amide bonds. The molecule has 1 aromatic heterocycles. The summed E-state index contributed by atoms with van der Waals surface area (Å²) >= 11 is 0. The van der Waals surface area contributed by atoms with Crippen LogP contribution in [-0.2, 0) is 17.6 Å². The molecular weight excluding hydrogens is 256 g/mol. The summed E-state index contributed by atoms with van der Waals surface area (Å²) in [5, 5.41) is 17.1. The molecule has 1 heterocycles. The van der Waals surface area contributed by atoms with Crippen molar-refractivity contribution in [3.63, 3.8) is 0 Å². The van der Waals surface area contributed by atoms with Gasteiger partial charge in [-0.3, -0.25) is 4.79 Å². The average molecular weight is 280 g/mol. The quantitative estimate of drug-likeness (QED) is 0.865. The lowest BCUT2D eigenvalue weighted by Crippen LogP contribution is -2.19. The molecule has 1 aromatic rings. The van der Waals surface area contributed by atoms with Crippen LogP contribution in [0.4, 0.5) is 0 Å². The van der Waals surface area contributed by atoms with Gasteiger partial charge in [-0.15, -0.1) is 10.2 Å². The van der Waals surface area contributed by atoms with Crippen LogP contribution >= 0.6 is 0 Å². The van der Waals surface area contributed by atoms with Crippen LogP contribution in [-0.4, -0.2) is 21.3 Å². The minimum atomic E-state index is -0.794. The smallest absolute Gasteiger partial charge is 0.303 e. The Kier molecular flexibility index (Phi) is 4.78. The largest absolute Gasteiger partial charge is 0.481 e. The van der Waals surface area contributed by atoms with Gasteiger partial charge in [0.15, 0.2) is 0 Å². The molecule has 5 nitrogen and oxygen atoms in total. The van der Waals surface area contributed by atoms with Gasteiger partial charge in [0.2, 0.25) is 11.8 Å². The lowest BCUT2D eigenvalue weighted by molar-refractivity contribution is -0.139. The van der Waals surface area contributed by atoms with E-state index in [4.69, 9.17) is 9.52 Å². The molecule has 0 saturated heterocycles. The van der Waals surface area contributed by atoms with Crippen LogP contribution in [0.15, 0.2) is 4.42 Å². The molecule has 0 atom stereocenters. The van der Waals surface area contributed by atoms with E-state index in [1.165, 1.54) is 32.1 Å². The first kappa shape index (κ1) is 15.0. The molecule has 5 heteroatoms. The fourth-order valence-corrected chi connectivity index (χ4v) is 2.96. The third-order valence-corrected chi connectivity index (χ3v) is 3.96. The maximum Gasteiger partial charge on any atom is 0.303 e. The standard InChI is InChI=1S/C15H24N2O3/c1-15(2,10-14(18)19)9-13-17-16-12(20-13)8-11-6-4-3-5-7-11/h11H,3-10H2,1-2H3,(H,18,19). The van der Waals surface area contributed by atoms with Gasteiger partial charge in [-0.05, 0) is 24.2 Å². The first-order valence-corrected chi connectivity index (χ1v) is 7.48. The van der Waals surface area contributed by atoms with E-state index in [0.717, 1.165) is 6.42 Å². The molecule has 112 valence electrons. The first-order chi connectivity index (χ1) is 9.44. The predicted octanol–water partition coefficient (Wildman–Crippen LogP) is 3.24. The second-order valence-corrected chi connectivity index (χ2v) is 6.71. The molecule has 0 spiro atoms. The van der Waals surface area contributed by atoms with Crippen LogP contribution in [0.3, 0.4) is 0 Å². The second-order valence-electron chi connectivity index (χ2n) is 6.71. The normalized spacial score (nSPS) is 17.3. The molecule has 1 aliphatic rings. The summed E-state index contributed by atoms with van der Waals surface area (Å²) < 4.78 is 5.69. The third-order valence-electron chi connectivity index (χ3n) is 3.96. The van der Waals surface area contributed by atoms with Crippen molar-refractivity contribution < 1.29 is 14.3 Å². The van der Waals surface area contributed by atoms with Crippen LogP contribution in [0.1, 0.15) is 64.2 Å². The SMILES string of the molecule is CC(C)(CC(=O)O)Cc1nnc(CC2CCCCC2)o1. The minimum absolute atomic E-state index is 0.105. The van der Waals surface area contributed by atoms with Crippen molar-refractivity contribution in [2.45, 2.75) is 65.2 Å². The Balaban J connectivity index is 1.89. The number of carboxylic acids is 1. The highest BCUT2D eigenvalue weighted by Gasteiger charge is 2.25. The second kappa shape index (κ2) is 6.37. The van der Waals surface area contributed by atoms with Crippen molar-refractivity contribution in [2.24, 2.45) is 11.3 Å². The van der Waals surface area contributed by atoms with Gasteiger partial charge in [-0.2, -0.15) is 0 Å². The van der Waals surface area contributed by atoms with E-state index >= 15 is 0 Å². The van der Waals surface area contributed by atoms with Crippen molar-refractivity contribution in [1.82, 2.24) is 10.2 Å². The van der Waals surface area contributed by atoms with E-state index in [2.05, 4.69) is 10.2 Å². The molecule has 2 rings (SSSR count). The number of rotatable bonds is 6. The number of aliphatic carboxylic acids is 1. The van der Waals surface area contributed by atoms with Gasteiger partial charge in [0.05, 0.1) is 6.42 Å². The number of carboxylic acid groups (broad SMARTS) is 1. The predicted molar refractivity (Wildman–Crippen MR) is 74.3 cm³/mol. The van der Waals surface area contributed by atoms with Crippen molar-refractivity contribution >= 4 is 5.97 Å². The van der Waals surface area contributed by atoms with Crippen molar-refractivity contribution in [2.75, 3.05) is 0 Å². The van der Waals surface area contributed by atoms with Crippen molar-refractivity contribution in [3.8, 4) is 0 Å².